The molecule has 0 spiro atoms. The van der Waals surface area contributed by atoms with E-state index in [2.05, 4.69) is 16.8 Å². The number of aliphatic hydroxyl groups is 1. The van der Waals surface area contributed by atoms with E-state index in [1.54, 1.807) is 11.3 Å². The summed E-state index contributed by atoms with van der Waals surface area (Å²) >= 11 is 1.71. The molecule has 1 aromatic rings. The van der Waals surface area contributed by atoms with Gasteiger partial charge in [-0.15, -0.1) is 11.3 Å². The van der Waals surface area contributed by atoms with Crippen LogP contribution in [0.25, 0.3) is 0 Å². The monoisotopic (exact) mass is 212 g/mol. The van der Waals surface area contributed by atoms with Crippen molar-refractivity contribution in [2.45, 2.75) is 19.4 Å². The third kappa shape index (κ3) is 1.97. The Morgan fingerprint density at radius 1 is 1.79 bits per heavy atom. The fourth-order valence-corrected chi connectivity index (χ4v) is 2.69. The van der Waals surface area contributed by atoms with Gasteiger partial charge >= 0.3 is 0 Å². The highest BCUT2D eigenvalue weighted by molar-refractivity contribution is 7.09. The average molecular weight is 212 g/mol. The van der Waals surface area contributed by atoms with E-state index in [0.29, 0.717) is 18.6 Å². The predicted molar refractivity (Wildman–Crippen MR) is 57.3 cm³/mol. The molecule has 2 heterocycles. The van der Waals surface area contributed by atoms with Crippen LogP contribution < -0.4 is 0 Å². The summed E-state index contributed by atoms with van der Waals surface area (Å²) in [4.78, 5) is 6.73. The number of aliphatic hydroxyl groups excluding tert-OH is 1. The molecule has 1 fully saturated rings. The highest BCUT2D eigenvalue weighted by Gasteiger charge is 2.27. The standard InChI is InChI=1S/C10H16N2OS/c1-8(10-11-3-5-14-10)12-4-2-9(6-12)7-13/h3,5,8-9,13H,2,4,6-7H2,1H3/t8-,9+/m1/s1. The summed E-state index contributed by atoms with van der Waals surface area (Å²) in [6.07, 6.45) is 2.97. The lowest BCUT2D eigenvalue weighted by Crippen LogP contribution is -2.24. The Kier molecular flexibility index (Phi) is 3.15. The fourth-order valence-electron chi connectivity index (χ4n) is 1.96. The minimum absolute atomic E-state index is 0.321. The number of thiazole rings is 1. The van der Waals surface area contributed by atoms with E-state index in [4.69, 9.17) is 5.11 Å². The quantitative estimate of drug-likeness (QED) is 0.825. The molecule has 1 saturated heterocycles. The van der Waals surface area contributed by atoms with Gasteiger partial charge in [0.1, 0.15) is 5.01 Å². The molecule has 0 unspecified atom stereocenters. The number of hydrogen-bond donors (Lipinski definition) is 1. The van der Waals surface area contributed by atoms with Crippen LogP contribution >= 0.6 is 11.3 Å². The van der Waals surface area contributed by atoms with Crippen molar-refractivity contribution < 1.29 is 5.11 Å². The number of likely N-dealkylation sites (tertiary alicyclic amines) is 1. The molecule has 0 aromatic carbocycles. The summed E-state index contributed by atoms with van der Waals surface area (Å²) in [5, 5.41) is 12.3. The van der Waals surface area contributed by atoms with Gasteiger partial charge in [-0.25, -0.2) is 4.98 Å². The average Bonchev–Trinajstić information content (AvgIpc) is 2.88. The van der Waals surface area contributed by atoms with Crippen LogP contribution in [0.2, 0.25) is 0 Å². The van der Waals surface area contributed by atoms with E-state index in [1.165, 1.54) is 5.01 Å². The molecule has 1 aliphatic rings. The van der Waals surface area contributed by atoms with E-state index in [-0.39, 0.29) is 0 Å². The van der Waals surface area contributed by atoms with Gasteiger partial charge in [-0.1, -0.05) is 0 Å². The molecule has 0 saturated carbocycles. The molecule has 0 amide bonds. The van der Waals surface area contributed by atoms with Crippen LogP contribution in [0.1, 0.15) is 24.4 Å². The smallest absolute Gasteiger partial charge is 0.109 e. The minimum atomic E-state index is 0.321. The lowest BCUT2D eigenvalue weighted by molar-refractivity contribution is 0.204. The first-order valence-corrected chi connectivity index (χ1v) is 5.93. The molecule has 1 N–H and O–H groups in total. The van der Waals surface area contributed by atoms with Crippen LogP contribution in [0.5, 0.6) is 0 Å². The third-order valence-corrected chi connectivity index (χ3v) is 3.88. The van der Waals surface area contributed by atoms with Crippen molar-refractivity contribution in [3.8, 4) is 0 Å². The Hall–Kier alpha value is -0.450. The third-order valence-electron chi connectivity index (χ3n) is 2.93. The van der Waals surface area contributed by atoms with Crippen molar-refractivity contribution >= 4 is 11.3 Å². The lowest BCUT2D eigenvalue weighted by Gasteiger charge is -2.22. The molecule has 0 aliphatic carbocycles. The van der Waals surface area contributed by atoms with Crippen molar-refractivity contribution in [2.75, 3.05) is 19.7 Å². The Labute approximate surface area is 88.4 Å². The molecule has 0 radical (unpaired) electrons. The summed E-state index contributed by atoms with van der Waals surface area (Å²) in [6.45, 7) is 4.61. The molecule has 0 bridgehead atoms. The van der Waals surface area contributed by atoms with Crippen LogP contribution in [0.3, 0.4) is 0 Å². The molecular formula is C10H16N2OS. The first kappa shape index (κ1) is 10.1. The van der Waals surface area contributed by atoms with Crippen molar-refractivity contribution in [2.24, 2.45) is 5.92 Å². The van der Waals surface area contributed by atoms with E-state index < -0.39 is 0 Å². The maximum atomic E-state index is 9.06. The highest BCUT2D eigenvalue weighted by Crippen LogP contribution is 2.27. The van der Waals surface area contributed by atoms with E-state index in [9.17, 15) is 0 Å². The Balaban J connectivity index is 1.97. The Bertz CT molecular complexity index is 276. The minimum Gasteiger partial charge on any atom is -0.396 e. The zero-order valence-electron chi connectivity index (χ0n) is 8.39. The second kappa shape index (κ2) is 4.38. The van der Waals surface area contributed by atoms with Gasteiger partial charge in [0.25, 0.3) is 0 Å². The van der Waals surface area contributed by atoms with E-state index in [0.717, 1.165) is 19.5 Å². The summed E-state index contributed by atoms with van der Waals surface area (Å²) in [7, 11) is 0. The number of nitrogens with zero attached hydrogens (tertiary/aromatic N) is 2. The first-order valence-electron chi connectivity index (χ1n) is 5.05. The predicted octanol–water partition coefficient (Wildman–Crippen LogP) is 1.52. The zero-order valence-corrected chi connectivity index (χ0v) is 9.20. The Morgan fingerprint density at radius 3 is 3.21 bits per heavy atom. The largest absolute Gasteiger partial charge is 0.396 e. The normalized spacial score (nSPS) is 25.4. The highest BCUT2D eigenvalue weighted by atomic mass is 32.1. The summed E-state index contributed by atoms with van der Waals surface area (Å²) < 4.78 is 0. The molecular weight excluding hydrogens is 196 g/mol. The van der Waals surface area contributed by atoms with Crippen molar-refractivity contribution in [1.29, 1.82) is 0 Å². The first-order chi connectivity index (χ1) is 6.81. The van der Waals surface area contributed by atoms with E-state index in [1.807, 2.05) is 11.6 Å². The Morgan fingerprint density at radius 2 is 2.64 bits per heavy atom. The summed E-state index contributed by atoms with van der Waals surface area (Å²) in [6, 6.07) is 0.409. The van der Waals surface area contributed by atoms with Crippen molar-refractivity contribution in [3.05, 3.63) is 16.6 Å². The summed E-state index contributed by atoms with van der Waals surface area (Å²) in [5.41, 5.74) is 0. The van der Waals surface area contributed by atoms with Gasteiger partial charge in [0.15, 0.2) is 0 Å². The van der Waals surface area contributed by atoms with Gasteiger partial charge in [-0.3, -0.25) is 4.90 Å². The topological polar surface area (TPSA) is 36.4 Å². The molecule has 4 heteroatoms. The number of rotatable bonds is 3. The molecule has 2 rings (SSSR count). The van der Waals surface area contributed by atoms with Crippen LogP contribution in [0.4, 0.5) is 0 Å². The molecule has 1 aliphatic heterocycles. The number of hydrogen-bond acceptors (Lipinski definition) is 4. The summed E-state index contributed by atoms with van der Waals surface area (Å²) in [5.74, 6) is 0.470. The molecule has 14 heavy (non-hydrogen) atoms. The molecule has 78 valence electrons. The van der Waals surface area contributed by atoms with Gasteiger partial charge in [0.2, 0.25) is 0 Å². The second-order valence-electron chi connectivity index (χ2n) is 3.88. The van der Waals surface area contributed by atoms with Crippen LogP contribution in [-0.2, 0) is 0 Å². The van der Waals surface area contributed by atoms with Crippen LogP contribution in [0.15, 0.2) is 11.6 Å². The van der Waals surface area contributed by atoms with E-state index >= 15 is 0 Å². The van der Waals surface area contributed by atoms with Crippen molar-refractivity contribution in [1.82, 2.24) is 9.88 Å². The van der Waals surface area contributed by atoms with Crippen LogP contribution in [0, 0.1) is 5.92 Å². The number of aromatic nitrogens is 1. The van der Waals surface area contributed by atoms with Crippen molar-refractivity contribution in [3.63, 3.8) is 0 Å². The maximum Gasteiger partial charge on any atom is 0.109 e. The molecule has 3 nitrogen and oxygen atoms in total. The maximum absolute atomic E-state index is 9.06. The van der Waals surface area contributed by atoms with Gasteiger partial charge < -0.3 is 5.11 Å². The SMILES string of the molecule is C[C@H](c1nccs1)N1CC[C@H](CO)C1. The molecule has 2 atom stereocenters. The zero-order chi connectivity index (χ0) is 9.97. The van der Waals surface area contributed by atoms with Gasteiger partial charge in [0, 0.05) is 24.7 Å². The van der Waals surface area contributed by atoms with Gasteiger partial charge in [0.05, 0.1) is 6.04 Å². The van der Waals surface area contributed by atoms with Gasteiger partial charge in [-0.05, 0) is 25.8 Å². The fraction of sp³-hybridized carbons (Fsp3) is 0.700. The second-order valence-corrected chi connectivity index (χ2v) is 4.80. The van der Waals surface area contributed by atoms with Gasteiger partial charge in [-0.2, -0.15) is 0 Å². The lowest BCUT2D eigenvalue weighted by atomic mass is 10.1. The molecule has 1 aromatic heterocycles. The van der Waals surface area contributed by atoms with Crippen LogP contribution in [-0.4, -0.2) is 34.7 Å².